The number of rotatable bonds is 6. The van der Waals surface area contributed by atoms with Gasteiger partial charge in [-0.25, -0.2) is 0 Å². The average molecular weight is 173 g/mol. The Labute approximate surface area is 74.1 Å². The first kappa shape index (κ1) is 11.6. The van der Waals surface area contributed by atoms with Gasteiger partial charge in [0.1, 0.15) is 5.66 Å². The minimum absolute atomic E-state index is 0.168. The second-order valence-corrected chi connectivity index (χ2v) is 2.90. The first-order valence-corrected chi connectivity index (χ1v) is 4.16. The molecule has 0 amide bonds. The highest BCUT2D eigenvalue weighted by Crippen LogP contribution is 2.01. The summed E-state index contributed by atoms with van der Waals surface area (Å²) < 4.78 is 0. The van der Waals surface area contributed by atoms with Crippen LogP contribution in [0.25, 0.3) is 0 Å². The monoisotopic (exact) mass is 173 g/mol. The van der Waals surface area contributed by atoms with Crippen LogP contribution >= 0.6 is 0 Å². The van der Waals surface area contributed by atoms with Crippen molar-refractivity contribution in [3.05, 3.63) is 0 Å². The van der Waals surface area contributed by atoms with Crippen LogP contribution in [0.5, 0.6) is 0 Å². The van der Waals surface area contributed by atoms with E-state index >= 15 is 0 Å². The number of likely N-dealkylation sites (N-methyl/N-ethyl adjacent to an activating group) is 2. The van der Waals surface area contributed by atoms with Crippen LogP contribution in [-0.2, 0) is 4.79 Å². The molecule has 0 unspecified atom stereocenters. The summed E-state index contributed by atoms with van der Waals surface area (Å²) in [6.45, 7) is 2.56. The predicted molar refractivity (Wildman–Crippen MR) is 50.1 cm³/mol. The molecule has 4 heteroatoms. The summed E-state index contributed by atoms with van der Waals surface area (Å²) in [7, 11) is 5.38. The molecule has 0 heterocycles. The maximum atomic E-state index is 11.5. The van der Waals surface area contributed by atoms with Crippen molar-refractivity contribution in [3.63, 3.8) is 0 Å². The van der Waals surface area contributed by atoms with E-state index in [9.17, 15) is 4.79 Å². The molecule has 0 saturated carbocycles. The van der Waals surface area contributed by atoms with Crippen LogP contribution in [-0.4, -0.2) is 39.1 Å². The van der Waals surface area contributed by atoms with Crippen molar-refractivity contribution in [1.82, 2.24) is 16.0 Å². The molecule has 0 rings (SSSR count). The molecule has 0 saturated heterocycles. The fraction of sp³-hybridized carbons (Fsp3) is 0.875. The van der Waals surface area contributed by atoms with Gasteiger partial charge < -0.3 is 5.32 Å². The summed E-state index contributed by atoms with van der Waals surface area (Å²) in [6.07, 6.45) is 0.536. The normalized spacial score (nSPS) is 11.7. The van der Waals surface area contributed by atoms with E-state index in [-0.39, 0.29) is 5.78 Å². The number of carbonyl (C=O) groups is 1. The molecule has 12 heavy (non-hydrogen) atoms. The minimum Gasteiger partial charge on any atom is -0.319 e. The van der Waals surface area contributed by atoms with Crippen LogP contribution in [0.15, 0.2) is 0 Å². The van der Waals surface area contributed by atoms with E-state index < -0.39 is 5.66 Å². The first-order valence-electron chi connectivity index (χ1n) is 4.16. The molecule has 0 aromatic carbocycles. The molecule has 72 valence electrons. The number of Topliss-reactive ketones (excluding diaryl/α,β-unsaturated/α-hetero) is 1. The van der Waals surface area contributed by atoms with Gasteiger partial charge in [-0.3, -0.25) is 15.4 Å². The molecule has 0 aliphatic rings. The average Bonchev–Trinajstić information content (AvgIpc) is 2.12. The Balaban J connectivity index is 4.03. The van der Waals surface area contributed by atoms with E-state index in [1.165, 1.54) is 0 Å². The Bertz CT molecular complexity index is 143. The highest BCUT2D eigenvalue weighted by Gasteiger charge is 2.27. The van der Waals surface area contributed by atoms with Crippen LogP contribution in [0.1, 0.15) is 13.3 Å². The molecule has 0 atom stereocenters. The van der Waals surface area contributed by atoms with E-state index in [0.717, 1.165) is 6.54 Å². The first-order chi connectivity index (χ1) is 5.60. The topological polar surface area (TPSA) is 53.2 Å². The molecular formula is C8H19N3O. The van der Waals surface area contributed by atoms with Crippen molar-refractivity contribution in [2.75, 3.05) is 27.7 Å². The van der Waals surface area contributed by atoms with Gasteiger partial charge in [-0.2, -0.15) is 0 Å². The largest absolute Gasteiger partial charge is 0.319 e. The zero-order valence-corrected chi connectivity index (χ0v) is 8.32. The van der Waals surface area contributed by atoms with Crippen molar-refractivity contribution >= 4 is 5.78 Å². The lowest BCUT2D eigenvalue weighted by Gasteiger charge is -2.26. The summed E-state index contributed by atoms with van der Waals surface area (Å²) in [5.41, 5.74) is -0.586. The molecule has 0 radical (unpaired) electrons. The van der Waals surface area contributed by atoms with Crippen molar-refractivity contribution in [2.24, 2.45) is 0 Å². The van der Waals surface area contributed by atoms with E-state index in [1.807, 2.05) is 14.0 Å². The van der Waals surface area contributed by atoms with Crippen molar-refractivity contribution in [1.29, 1.82) is 0 Å². The van der Waals surface area contributed by atoms with Crippen molar-refractivity contribution in [3.8, 4) is 0 Å². The SMILES string of the molecule is CNCCC(=O)C(C)(NC)NC. The molecule has 0 spiro atoms. The van der Waals surface area contributed by atoms with Gasteiger partial charge in [0.25, 0.3) is 0 Å². The molecule has 0 aliphatic carbocycles. The molecule has 0 bridgehead atoms. The molecule has 0 aromatic heterocycles. The zero-order valence-electron chi connectivity index (χ0n) is 8.32. The number of ketones is 1. The predicted octanol–water partition coefficient (Wildman–Crippen LogP) is -0.680. The summed E-state index contributed by atoms with van der Waals surface area (Å²) in [5.74, 6) is 0.168. The van der Waals surface area contributed by atoms with Crippen LogP contribution < -0.4 is 16.0 Å². The second kappa shape index (κ2) is 5.24. The van der Waals surface area contributed by atoms with Crippen LogP contribution in [0.2, 0.25) is 0 Å². The fourth-order valence-corrected chi connectivity index (χ4v) is 0.892. The second-order valence-electron chi connectivity index (χ2n) is 2.90. The van der Waals surface area contributed by atoms with Crippen molar-refractivity contribution < 1.29 is 4.79 Å². The lowest BCUT2D eigenvalue weighted by atomic mass is 10.0. The third-order valence-electron chi connectivity index (χ3n) is 2.16. The van der Waals surface area contributed by atoms with Gasteiger partial charge in [0.15, 0.2) is 5.78 Å². The Hall–Kier alpha value is -0.450. The van der Waals surface area contributed by atoms with Gasteiger partial charge in [0.05, 0.1) is 0 Å². The Kier molecular flexibility index (Phi) is 5.04. The number of nitrogens with one attached hydrogen (secondary N) is 3. The highest BCUT2D eigenvalue weighted by atomic mass is 16.1. The summed E-state index contributed by atoms with van der Waals surface area (Å²) in [6, 6.07) is 0. The molecule has 0 aliphatic heterocycles. The van der Waals surface area contributed by atoms with Gasteiger partial charge in [-0.05, 0) is 28.1 Å². The van der Waals surface area contributed by atoms with Gasteiger partial charge >= 0.3 is 0 Å². The summed E-state index contributed by atoms with van der Waals surface area (Å²) in [5, 5.41) is 8.84. The van der Waals surface area contributed by atoms with Gasteiger partial charge in [-0.15, -0.1) is 0 Å². The van der Waals surface area contributed by atoms with Crippen LogP contribution in [0, 0.1) is 0 Å². The van der Waals surface area contributed by atoms with E-state index in [4.69, 9.17) is 0 Å². The third kappa shape index (κ3) is 2.89. The quantitative estimate of drug-likeness (QED) is 0.466. The van der Waals surface area contributed by atoms with Gasteiger partial charge in [0, 0.05) is 13.0 Å². The minimum atomic E-state index is -0.586. The maximum absolute atomic E-state index is 11.5. The molecule has 0 aromatic rings. The highest BCUT2D eigenvalue weighted by molar-refractivity contribution is 5.87. The lowest BCUT2D eigenvalue weighted by Crippen LogP contribution is -2.57. The smallest absolute Gasteiger partial charge is 0.168 e. The summed E-state index contributed by atoms with van der Waals surface area (Å²) in [4.78, 5) is 11.5. The van der Waals surface area contributed by atoms with E-state index in [0.29, 0.717) is 6.42 Å². The third-order valence-corrected chi connectivity index (χ3v) is 2.16. The zero-order chi connectivity index (χ0) is 9.61. The molecular weight excluding hydrogens is 154 g/mol. The lowest BCUT2D eigenvalue weighted by molar-refractivity contribution is -0.125. The number of carbonyl (C=O) groups excluding carboxylic acids is 1. The Morgan fingerprint density at radius 2 is 1.75 bits per heavy atom. The van der Waals surface area contributed by atoms with Crippen molar-refractivity contribution in [2.45, 2.75) is 19.0 Å². The van der Waals surface area contributed by atoms with Gasteiger partial charge in [-0.1, -0.05) is 0 Å². The number of hydrogen-bond acceptors (Lipinski definition) is 4. The molecule has 3 N–H and O–H groups in total. The maximum Gasteiger partial charge on any atom is 0.168 e. The molecule has 4 nitrogen and oxygen atoms in total. The Morgan fingerprint density at radius 3 is 2.08 bits per heavy atom. The fourth-order valence-electron chi connectivity index (χ4n) is 0.892. The summed E-state index contributed by atoms with van der Waals surface area (Å²) >= 11 is 0. The molecule has 0 fully saturated rings. The van der Waals surface area contributed by atoms with E-state index in [1.54, 1.807) is 14.1 Å². The Morgan fingerprint density at radius 1 is 1.25 bits per heavy atom. The van der Waals surface area contributed by atoms with E-state index in [2.05, 4.69) is 16.0 Å². The van der Waals surface area contributed by atoms with Crippen LogP contribution in [0.4, 0.5) is 0 Å². The van der Waals surface area contributed by atoms with Crippen LogP contribution in [0.3, 0.4) is 0 Å². The van der Waals surface area contributed by atoms with Gasteiger partial charge in [0.2, 0.25) is 0 Å². The standard InChI is InChI=1S/C8H19N3O/c1-8(10-3,11-4)7(12)5-6-9-2/h9-11H,5-6H2,1-4H3. The number of hydrogen-bond donors (Lipinski definition) is 3.